The van der Waals surface area contributed by atoms with E-state index in [1.807, 2.05) is 0 Å². The van der Waals surface area contributed by atoms with Crippen molar-refractivity contribution in [3.05, 3.63) is 58.7 Å². The van der Waals surface area contributed by atoms with E-state index in [-0.39, 0.29) is 0 Å². The topological polar surface area (TPSA) is 27.7 Å². The molecule has 0 radical (unpaired) electrons. The van der Waals surface area contributed by atoms with Crippen LogP contribution in [0.15, 0.2) is 36.4 Å². The summed E-state index contributed by atoms with van der Waals surface area (Å²) in [7, 11) is 0. The molecule has 2 rings (SSSR count). The van der Waals surface area contributed by atoms with Crippen molar-refractivity contribution in [1.29, 1.82) is 0 Å². The van der Waals surface area contributed by atoms with Crippen LogP contribution in [0.1, 0.15) is 244 Å². The molecule has 0 saturated carbocycles. The normalized spacial score (nSPS) is 12.1. The standard InChI is InChI=1S/2C11H16O.4C8H17.O.2Sn/c2*1-3-4-7-10-9(2)6-5-8-11(10)12;4*1-3-5-7-8-6-4-2;;;/h2*5-6,8,12H,3-4,7H2,1-2H3;4*1,3-8H2,2H3;;;/q;;;;;;;2*+1/p-2. The molecule has 0 aliphatic carbocycles. The van der Waals surface area contributed by atoms with Crippen LogP contribution in [0.2, 0.25) is 17.7 Å². The number of hydrogen-bond donors (Lipinski definition) is 0. The van der Waals surface area contributed by atoms with Crippen LogP contribution in [0, 0.1) is 13.8 Å². The summed E-state index contributed by atoms with van der Waals surface area (Å²) < 4.78 is 29.1. The summed E-state index contributed by atoms with van der Waals surface area (Å²) in [6, 6.07) is 13.8. The Labute approximate surface area is 379 Å². The zero-order chi connectivity index (χ0) is 42.9. The van der Waals surface area contributed by atoms with Crippen LogP contribution in [-0.4, -0.2) is 38.4 Å². The van der Waals surface area contributed by atoms with E-state index in [2.05, 4.69) is 91.8 Å². The van der Waals surface area contributed by atoms with Crippen molar-refractivity contribution >= 4 is 38.4 Å². The van der Waals surface area contributed by atoms with Gasteiger partial charge in [0.15, 0.2) is 0 Å². The molecule has 0 aromatic heterocycles. The van der Waals surface area contributed by atoms with Gasteiger partial charge in [-0.1, -0.05) is 0 Å². The molecular formula is C54H98O3Sn2. The maximum absolute atomic E-state index is 8.52. The molecule has 2 aromatic rings. The Morgan fingerprint density at radius 3 is 0.898 bits per heavy atom. The molecule has 0 aliphatic rings. The van der Waals surface area contributed by atoms with Gasteiger partial charge in [0.1, 0.15) is 0 Å². The van der Waals surface area contributed by atoms with Crippen LogP contribution < -0.4 is 6.15 Å². The third kappa shape index (κ3) is 23.2. The first kappa shape index (κ1) is 54.7. The first-order valence-corrected chi connectivity index (χ1v) is 38.8. The minimum atomic E-state index is -3.90. The van der Waals surface area contributed by atoms with Gasteiger partial charge >= 0.3 is 382 Å². The van der Waals surface area contributed by atoms with Gasteiger partial charge in [-0.3, -0.25) is 0 Å². The molecule has 2 aromatic carbocycles. The summed E-state index contributed by atoms with van der Waals surface area (Å²) in [5.41, 5.74) is 5.67. The summed E-state index contributed by atoms with van der Waals surface area (Å²) in [5.74, 6) is 2.34. The van der Waals surface area contributed by atoms with Crippen molar-refractivity contribution in [2.75, 3.05) is 0 Å². The molecule has 0 atom stereocenters. The molecule has 0 saturated heterocycles. The van der Waals surface area contributed by atoms with Crippen molar-refractivity contribution in [3.8, 4) is 11.5 Å². The third-order valence-electron chi connectivity index (χ3n) is 12.9. The molecule has 5 heteroatoms. The Morgan fingerprint density at radius 1 is 0.339 bits per heavy atom. The predicted molar refractivity (Wildman–Crippen MR) is 266 cm³/mol. The fourth-order valence-electron chi connectivity index (χ4n) is 9.03. The summed E-state index contributed by atoms with van der Waals surface area (Å²) in [4.78, 5) is 0. The second-order valence-electron chi connectivity index (χ2n) is 18.5. The molecule has 0 bridgehead atoms. The molecule has 0 spiro atoms. The molecule has 0 heterocycles. The quantitative estimate of drug-likeness (QED) is 0.0492. The zero-order valence-electron chi connectivity index (χ0n) is 40.7. The molecule has 0 aliphatic heterocycles. The first-order valence-electron chi connectivity index (χ1n) is 26.1. The van der Waals surface area contributed by atoms with Crippen molar-refractivity contribution in [1.82, 2.24) is 0 Å². The number of aryl methyl sites for hydroxylation is 2. The maximum atomic E-state index is 8.52. The molecule has 340 valence electrons. The average Bonchev–Trinajstić information content (AvgIpc) is 3.22. The fourth-order valence-corrected chi connectivity index (χ4v) is 49.7. The molecule has 3 nitrogen and oxygen atoms in total. The van der Waals surface area contributed by atoms with E-state index in [1.54, 1.807) is 0 Å². The summed E-state index contributed by atoms with van der Waals surface area (Å²) in [6.45, 7) is 18.6. The van der Waals surface area contributed by atoms with Gasteiger partial charge in [0.2, 0.25) is 0 Å². The van der Waals surface area contributed by atoms with Gasteiger partial charge in [-0.05, 0) is 0 Å². The van der Waals surface area contributed by atoms with Crippen LogP contribution in [0.4, 0.5) is 0 Å². The van der Waals surface area contributed by atoms with E-state index < -0.39 is 38.4 Å². The van der Waals surface area contributed by atoms with Crippen LogP contribution in [0.3, 0.4) is 0 Å². The number of benzene rings is 2. The van der Waals surface area contributed by atoms with Crippen molar-refractivity contribution in [2.24, 2.45) is 0 Å². The second kappa shape index (κ2) is 35.0. The third-order valence-corrected chi connectivity index (χ3v) is 45.4. The van der Waals surface area contributed by atoms with Crippen molar-refractivity contribution < 1.29 is 7.56 Å². The number of unbranched alkanes of at least 4 members (excludes halogenated alkanes) is 22. The van der Waals surface area contributed by atoms with Crippen molar-refractivity contribution in [2.45, 2.75) is 266 Å². The molecule has 59 heavy (non-hydrogen) atoms. The Kier molecular flexibility index (Phi) is 32.5. The van der Waals surface area contributed by atoms with E-state index in [0.29, 0.717) is 0 Å². The molecule has 0 fully saturated rings. The Morgan fingerprint density at radius 2 is 0.610 bits per heavy atom. The Bertz CT molecular complexity index is 1160. The van der Waals surface area contributed by atoms with Gasteiger partial charge in [-0.15, -0.1) is 0 Å². The Balaban J connectivity index is 2.80. The molecule has 0 N–H and O–H groups in total. The Hall–Kier alpha value is -0.403. The van der Waals surface area contributed by atoms with Crippen molar-refractivity contribution in [3.63, 3.8) is 0 Å². The monoisotopic (exact) mass is 1030 g/mol. The minimum absolute atomic E-state index is 1.10. The van der Waals surface area contributed by atoms with E-state index in [0.717, 1.165) is 12.8 Å². The van der Waals surface area contributed by atoms with E-state index in [4.69, 9.17) is 7.56 Å². The summed E-state index contributed by atoms with van der Waals surface area (Å²) >= 11 is -7.80. The van der Waals surface area contributed by atoms with Gasteiger partial charge in [0.25, 0.3) is 0 Å². The van der Waals surface area contributed by atoms with Crippen LogP contribution in [0.25, 0.3) is 0 Å². The molecule has 0 unspecified atom stereocenters. The molecule has 0 amide bonds. The van der Waals surface area contributed by atoms with E-state index in [1.165, 1.54) is 231 Å². The van der Waals surface area contributed by atoms with E-state index >= 15 is 0 Å². The van der Waals surface area contributed by atoms with Crippen LogP contribution >= 0.6 is 0 Å². The molecular weight excluding hydrogens is 934 g/mol. The fraction of sp³-hybridized carbons (Fsp3) is 0.778. The van der Waals surface area contributed by atoms with Gasteiger partial charge in [-0.2, -0.15) is 0 Å². The second-order valence-corrected chi connectivity index (χ2v) is 40.3. The van der Waals surface area contributed by atoms with Crippen LogP contribution in [-0.2, 0) is 14.3 Å². The van der Waals surface area contributed by atoms with E-state index in [9.17, 15) is 0 Å². The first-order chi connectivity index (χ1) is 28.8. The zero-order valence-corrected chi connectivity index (χ0v) is 46.4. The van der Waals surface area contributed by atoms with Gasteiger partial charge in [0, 0.05) is 0 Å². The van der Waals surface area contributed by atoms with Gasteiger partial charge in [0.05, 0.1) is 0 Å². The predicted octanol–water partition coefficient (Wildman–Crippen LogP) is 18.8. The van der Waals surface area contributed by atoms with Gasteiger partial charge in [-0.25, -0.2) is 0 Å². The number of hydrogen-bond acceptors (Lipinski definition) is 3. The van der Waals surface area contributed by atoms with Crippen LogP contribution in [0.5, 0.6) is 11.5 Å². The summed E-state index contributed by atoms with van der Waals surface area (Å²) in [5, 5.41) is 0. The van der Waals surface area contributed by atoms with Gasteiger partial charge < -0.3 is 0 Å². The number of rotatable bonds is 40. The summed E-state index contributed by atoms with van der Waals surface area (Å²) in [6.07, 6.45) is 38.5. The average molecular weight is 1030 g/mol. The SMILES string of the molecule is CCCCCCC[CH2][Sn]([CH2]CCCCCCC)([O]c1cccc(C)c1CCCC)[O][Sn]([CH2]CCCCCCC)([CH2]CCCCCCC)[O]c1cccc(C)c1CCCC.